The summed E-state index contributed by atoms with van der Waals surface area (Å²) in [5.41, 5.74) is -0.250. The van der Waals surface area contributed by atoms with Crippen LogP contribution in [0.15, 0.2) is 35.3 Å². The van der Waals surface area contributed by atoms with Crippen molar-refractivity contribution in [2.24, 2.45) is 0 Å². The second-order valence-electron chi connectivity index (χ2n) is 6.12. The largest absolute Gasteiger partial charge is 0.350 e. The average molecular weight is 336 g/mol. The predicted molar refractivity (Wildman–Crippen MR) is 85.0 cm³/mol. The van der Waals surface area contributed by atoms with Crippen LogP contribution in [0.3, 0.4) is 0 Å². The molecule has 2 heterocycles. The van der Waals surface area contributed by atoms with E-state index in [9.17, 15) is 18.4 Å². The highest BCUT2D eigenvalue weighted by Gasteiger charge is 2.42. The van der Waals surface area contributed by atoms with Gasteiger partial charge in [-0.2, -0.15) is 5.10 Å². The zero-order valence-corrected chi connectivity index (χ0v) is 13.1. The molecule has 24 heavy (non-hydrogen) atoms. The third-order valence-electron chi connectivity index (χ3n) is 4.02. The lowest BCUT2D eigenvalue weighted by Gasteiger charge is -2.17. The SMILES string of the molecule is CC(Cn1ncc2ccccc2c1=O)NC(=O)C1CC(F)(F)CN1. The number of carbonyl (C=O) groups excluding carboxylic acids is 1. The minimum Gasteiger partial charge on any atom is -0.350 e. The van der Waals surface area contributed by atoms with Crippen molar-refractivity contribution in [1.29, 1.82) is 0 Å². The van der Waals surface area contributed by atoms with E-state index in [0.29, 0.717) is 5.39 Å². The van der Waals surface area contributed by atoms with Crippen molar-refractivity contribution in [3.8, 4) is 0 Å². The molecule has 3 rings (SSSR count). The summed E-state index contributed by atoms with van der Waals surface area (Å²) in [6.45, 7) is 1.37. The van der Waals surface area contributed by atoms with Crippen LogP contribution in [-0.2, 0) is 11.3 Å². The van der Waals surface area contributed by atoms with Crippen LogP contribution in [0.5, 0.6) is 0 Å². The zero-order valence-electron chi connectivity index (χ0n) is 13.1. The Hall–Kier alpha value is -2.35. The molecule has 1 saturated heterocycles. The molecule has 2 unspecified atom stereocenters. The highest BCUT2D eigenvalue weighted by Crippen LogP contribution is 2.25. The first-order valence-corrected chi connectivity index (χ1v) is 7.72. The number of carbonyl (C=O) groups is 1. The third-order valence-corrected chi connectivity index (χ3v) is 4.02. The maximum atomic E-state index is 13.1. The summed E-state index contributed by atoms with van der Waals surface area (Å²) in [4.78, 5) is 24.4. The van der Waals surface area contributed by atoms with Gasteiger partial charge in [0.05, 0.1) is 30.7 Å². The van der Waals surface area contributed by atoms with E-state index in [-0.39, 0.29) is 12.1 Å². The zero-order chi connectivity index (χ0) is 17.3. The maximum Gasteiger partial charge on any atom is 0.274 e. The molecule has 0 radical (unpaired) electrons. The number of aromatic nitrogens is 2. The molecule has 2 aromatic rings. The minimum atomic E-state index is -2.86. The lowest BCUT2D eigenvalue weighted by atomic mass is 10.1. The van der Waals surface area contributed by atoms with Crippen LogP contribution in [0.25, 0.3) is 10.8 Å². The smallest absolute Gasteiger partial charge is 0.274 e. The molecule has 2 atom stereocenters. The Kier molecular flexibility index (Phi) is 4.31. The Morgan fingerprint density at radius 1 is 1.50 bits per heavy atom. The Labute approximate surface area is 136 Å². The van der Waals surface area contributed by atoms with Crippen LogP contribution in [0.2, 0.25) is 0 Å². The molecular formula is C16H18F2N4O2. The second kappa shape index (κ2) is 6.27. The van der Waals surface area contributed by atoms with E-state index < -0.39 is 36.9 Å². The predicted octanol–water partition coefficient (Wildman–Crippen LogP) is 0.898. The molecule has 8 heteroatoms. The standard InChI is InChI=1S/C16H18F2N4O2/c1-10(21-14(23)13-6-16(17,18)9-19-13)8-22-15(24)12-5-3-2-4-11(12)7-20-22/h2-5,7,10,13,19H,6,8-9H2,1H3,(H,21,23). The normalized spacial score (nSPS) is 20.9. The van der Waals surface area contributed by atoms with Crippen LogP contribution in [0.4, 0.5) is 8.78 Å². The molecule has 0 aliphatic carbocycles. The van der Waals surface area contributed by atoms with Crippen molar-refractivity contribution >= 4 is 16.7 Å². The molecule has 1 aromatic heterocycles. The molecule has 0 spiro atoms. The number of halogens is 2. The van der Waals surface area contributed by atoms with Crippen LogP contribution in [-0.4, -0.2) is 40.2 Å². The van der Waals surface area contributed by atoms with Gasteiger partial charge in [-0.25, -0.2) is 13.5 Å². The molecule has 1 fully saturated rings. The number of rotatable bonds is 4. The molecule has 1 amide bonds. The van der Waals surface area contributed by atoms with Gasteiger partial charge in [-0.1, -0.05) is 18.2 Å². The average Bonchev–Trinajstić information content (AvgIpc) is 2.90. The van der Waals surface area contributed by atoms with E-state index in [1.54, 1.807) is 31.3 Å². The van der Waals surface area contributed by atoms with E-state index in [2.05, 4.69) is 15.7 Å². The molecule has 1 aliphatic rings. The van der Waals surface area contributed by atoms with Gasteiger partial charge in [0.2, 0.25) is 5.91 Å². The number of nitrogens with one attached hydrogen (secondary N) is 2. The Balaban J connectivity index is 1.67. The fourth-order valence-corrected chi connectivity index (χ4v) is 2.81. The molecule has 2 N–H and O–H groups in total. The van der Waals surface area contributed by atoms with Crippen LogP contribution in [0.1, 0.15) is 13.3 Å². The lowest BCUT2D eigenvalue weighted by molar-refractivity contribution is -0.124. The number of nitrogens with zero attached hydrogens (tertiary/aromatic N) is 2. The Bertz CT molecular complexity index is 821. The third kappa shape index (κ3) is 3.43. The number of amides is 1. The van der Waals surface area contributed by atoms with E-state index in [0.717, 1.165) is 5.39 Å². The Morgan fingerprint density at radius 2 is 2.25 bits per heavy atom. The summed E-state index contributed by atoms with van der Waals surface area (Å²) in [6.07, 6.45) is 1.07. The molecule has 0 saturated carbocycles. The second-order valence-corrected chi connectivity index (χ2v) is 6.12. The van der Waals surface area contributed by atoms with Gasteiger partial charge in [-0.15, -0.1) is 0 Å². The molecule has 1 aromatic carbocycles. The van der Waals surface area contributed by atoms with Gasteiger partial charge in [0, 0.05) is 17.8 Å². The van der Waals surface area contributed by atoms with Crippen molar-refractivity contribution in [3.63, 3.8) is 0 Å². The van der Waals surface area contributed by atoms with E-state index >= 15 is 0 Å². The first-order valence-electron chi connectivity index (χ1n) is 7.72. The summed E-state index contributed by atoms with van der Waals surface area (Å²) >= 11 is 0. The molecule has 0 bridgehead atoms. The lowest BCUT2D eigenvalue weighted by Crippen LogP contribution is -2.46. The van der Waals surface area contributed by atoms with Crippen molar-refractivity contribution in [3.05, 3.63) is 40.8 Å². The fraction of sp³-hybridized carbons (Fsp3) is 0.438. The highest BCUT2D eigenvalue weighted by molar-refractivity contribution is 5.82. The van der Waals surface area contributed by atoms with E-state index in [1.165, 1.54) is 4.68 Å². The van der Waals surface area contributed by atoms with Crippen molar-refractivity contribution < 1.29 is 13.6 Å². The topological polar surface area (TPSA) is 76.0 Å². The quantitative estimate of drug-likeness (QED) is 0.870. The van der Waals surface area contributed by atoms with Crippen LogP contribution >= 0.6 is 0 Å². The summed E-state index contributed by atoms with van der Waals surface area (Å²) < 4.78 is 27.6. The van der Waals surface area contributed by atoms with Crippen LogP contribution in [0, 0.1) is 0 Å². The molecular weight excluding hydrogens is 318 g/mol. The van der Waals surface area contributed by atoms with Gasteiger partial charge in [0.25, 0.3) is 11.5 Å². The Morgan fingerprint density at radius 3 is 2.96 bits per heavy atom. The summed E-state index contributed by atoms with van der Waals surface area (Å²) in [5.74, 6) is -3.35. The number of alkyl halides is 2. The highest BCUT2D eigenvalue weighted by atomic mass is 19.3. The molecule has 1 aliphatic heterocycles. The van der Waals surface area contributed by atoms with E-state index in [4.69, 9.17) is 0 Å². The van der Waals surface area contributed by atoms with Gasteiger partial charge < -0.3 is 5.32 Å². The van der Waals surface area contributed by atoms with Gasteiger partial charge in [0.1, 0.15) is 0 Å². The maximum absolute atomic E-state index is 13.1. The summed E-state index contributed by atoms with van der Waals surface area (Å²) in [5, 5.41) is 10.5. The fourth-order valence-electron chi connectivity index (χ4n) is 2.81. The summed E-state index contributed by atoms with van der Waals surface area (Å²) in [7, 11) is 0. The number of hydrogen-bond donors (Lipinski definition) is 2. The first-order chi connectivity index (χ1) is 11.4. The van der Waals surface area contributed by atoms with Gasteiger partial charge in [-0.3, -0.25) is 14.9 Å². The summed E-state index contributed by atoms with van der Waals surface area (Å²) in [6, 6.07) is 5.77. The number of hydrogen-bond acceptors (Lipinski definition) is 4. The van der Waals surface area contributed by atoms with Crippen molar-refractivity contribution in [2.45, 2.75) is 37.9 Å². The van der Waals surface area contributed by atoms with Gasteiger partial charge in [0.15, 0.2) is 0 Å². The first kappa shape index (κ1) is 16.5. The number of benzene rings is 1. The van der Waals surface area contributed by atoms with Crippen LogP contribution < -0.4 is 16.2 Å². The number of fused-ring (bicyclic) bond motifs is 1. The van der Waals surface area contributed by atoms with E-state index in [1.807, 2.05) is 6.07 Å². The minimum absolute atomic E-state index is 0.165. The van der Waals surface area contributed by atoms with Crippen molar-refractivity contribution in [1.82, 2.24) is 20.4 Å². The molecule has 128 valence electrons. The monoisotopic (exact) mass is 336 g/mol. The molecule has 6 nitrogen and oxygen atoms in total. The van der Waals surface area contributed by atoms with Gasteiger partial charge in [-0.05, 0) is 13.0 Å². The van der Waals surface area contributed by atoms with Gasteiger partial charge >= 0.3 is 0 Å². The van der Waals surface area contributed by atoms with Crippen molar-refractivity contribution in [2.75, 3.05) is 6.54 Å².